The van der Waals surface area contributed by atoms with E-state index in [1.807, 2.05) is 10.6 Å². The third-order valence-corrected chi connectivity index (χ3v) is 3.57. The van der Waals surface area contributed by atoms with Gasteiger partial charge in [-0.05, 0) is 31.5 Å². The lowest BCUT2D eigenvalue weighted by atomic mass is 10.1. The molecule has 1 aliphatic rings. The molecule has 2 N–H and O–H groups in total. The Morgan fingerprint density at radius 2 is 2.32 bits per heavy atom. The molecule has 3 heterocycles. The Bertz CT molecular complexity index is 581. The van der Waals surface area contributed by atoms with Gasteiger partial charge >= 0.3 is 0 Å². The van der Waals surface area contributed by atoms with Crippen molar-refractivity contribution in [2.45, 2.75) is 26.0 Å². The van der Waals surface area contributed by atoms with Gasteiger partial charge in [-0.1, -0.05) is 0 Å². The summed E-state index contributed by atoms with van der Waals surface area (Å²) in [6.45, 7) is 6.24. The van der Waals surface area contributed by atoms with Gasteiger partial charge in [-0.25, -0.2) is 4.98 Å². The number of morpholine rings is 1. The predicted octanol–water partition coefficient (Wildman–Crippen LogP) is 0.590. The van der Waals surface area contributed by atoms with E-state index in [2.05, 4.69) is 34.9 Å². The van der Waals surface area contributed by atoms with E-state index in [9.17, 15) is 0 Å². The number of ether oxygens (including phenoxy) is 1. The molecule has 1 aliphatic heterocycles. The van der Waals surface area contributed by atoms with E-state index < -0.39 is 0 Å². The first-order chi connectivity index (χ1) is 9.19. The molecular weight excluding hydrogens is 242 g/mol. The first-order valence-corrected chi connectivity index (χ1v) is 6.57. The number of hydrogen-bond acceptors (Lipinski definition) is 5. The molecule has 0 amide bonds. The Kier molecular flexibility index (Phi) is 3.12. The Balaban J connectivity index is 2.04. The van der Waals surface area contributed by atoms with Gasteiger partial charge in [0.1, 0.15) is 12.1 Å². The van der Waals surface area contributed by atoms with E-state index >= 15 is 0 Å². The lowest BCUT2D eigenvalue weighted by molar-refractivity contribution is 0.0278. The third-order valence-electron chi connectivity index (χ3n) is 3.57. The van der Waals surface area contributed by atoms with Crippen LogP contribution in [0.1, 0.15) is 12.5 Å². The Labute approximate surface area is 112 Å². The number of fused-ring (bicyclic) bond motifs is 1. The van der Waals surface area contributed by atoms with Crippen LogP contribution in [-0.2, 0) is 4.74 Å². The van der Waals surface area contributed by atoms with Crippen LogP contribution in [0, 0.1) is 6.92 Å². The highest BCUT2D eigenvalue weighted by molar-refractivity contribution is 5.53. The molecule has 0 radical (unpaired) electrons. The predicted molar refractivity (Wildman–Crippen MR) is 73.3 cm³/mol. The van der Waals surface area contributed by atoms with Gasteiger partial charge in [0.15, 0.2) is 5.65 Å². The maximum Gasteiger partial charge on any atom is 0.157 e. The van der Waals surface area contributed by atoms with E-state index in [1.165, 1.54) is 5.56 Å². The minimum absolute atomic E-state index is 0.0790. The average molecular weight is 261 g/mol. The molecule has 1 fully saturated rings. The van der Waals surface area contributed by atoms with Crippen molar-refractivity contribution in [1.29, 1.82) is 0 Å². The first-order valence-electron chi connectivity index (χ1n) is 6.57. The summed E-state index contributed by atoms with van der Waals surface area (Å²) in [5, 5.41) is 4.31. The van der Waals surface area contributed by atoms with Crippen LogP contribution in [0.4, 0.5) is 5.82 Å². The largest absolute Gasteiger partial charge is 0.373 e. The zero-order valence-electron chi connectivity index (χ0n) is 11.3. The lowest BCUT2D eigenvalue weighted by Gasteiger charge is -2.39. The molecule has 0 aromatic carbocycles. The van der Waals surface area contributed by atoms with Gasteiger partial charge in [0.25, 0.3) is 0 Å². The molecular formula is C13H19N5O. The van der Waals surface area contributed by atoms with Crippen molar-refractivity contribution in [3.8, 4) is 0 Å². The first kappa shape index (κ1) is 12.4. The minimum atomic E-state index is 0.0790. The molecule has 0 saturated carbocycles. The van der Waals surface area contributed by atoms with Crippen LogP contribution in [0.5, 0.6) is 0 Å². The summed E-state index contributed by atoms with van der Waals surface area (Å²) in [4.78, 5) is 6.57. The number of nitrogens with two attached hydrogens (primary N) is 1. The zero-order valence-corrected chi connectivity index (χ0v) is 11.3. The fraction of sp³-hybridized carbons (Fsp3) is 0.538. The van der Waals surface area contributed by atoms with E-state index in [0.717, 1.165) is 18.0 Å². The van der Waals surface area contributed by atoms with E-state index in [1.54, 1.807) is 6.33 Å². The summed E-state index contributed by atoms with van der Waals surface area (Å²) < 4.78 is 7.58. The molecule has 2 atom stereocenters. The maximum absolute atomic E-state index is 5.73. The molecule has 102 valence electrons. The number of anilines is 1. The molecule has 1 saturated heterocycles. The molecule has 0 bridgehead atoms. The lowest BCUT2D eigenvalue weighted by Crippen LogP contribution is -2.51. The summed E-state index contributed by atoms with van der Waals surface area (Å²) in [6, 6.07) is 4.47. The molecule has 19 heavy (non-hydrogen) atoms. The van der Waals surface area contributed by atoms with Gasteiger partial charge in [0.2, 0.25) is 0 Å². The molecule has 0 spiro atoms. The molecule has 6 heteroatoms. The van der Waals surface area contributed by atoms with Crippen LogP contribution >= 0.6 is 0 Å². The van der Waals surface area contributed by atoms with Crippen LogP contribution in [-0.4, -0.2) is 46.4 Å². The van der Waals surface area contributed by atoms with Crippen molar-refractivity contribution >= 4 is 11.5 Å². The molecule has 2 unspecified atom stereocenters. The van der Waals surface area contributed by atoms with Gasteiger partial charge in [-0.3, -0.25) is 0 Å². The van der Waals surface area contributed by atoms with E-state index in [-0.39, 0.29) is 6.10 Å². The maximum atomic E-state index is 5.73. The van der Waals surface area contributed by atoms with Crippen molar-refractivity contribution in [2.24, 2.45) is 5.73 Å². The fourth-order valence-electron chi connectivity index (χ4n) is 2.52. The topological polar surface area (TPSA) is 68.7 Å². The third kappa shape index (κ3) is 2.17. The van der Waals surface area contributed by atoms with Crippen molar-refractivity contribution in [1.82, 2.24) is 14.6 Å². The summed E-state index contributed by atoms with van der Waals surface area (Å²) >= 11 is 0. The molecule has 2 aromatic rings. The highest BCUT2D eigenvalue weighted by Gasteiger charge is 2.27. The van der Waals surface area contributed by atoms with Gasteiger partial charge in [-0.2, -0.15) is 9.61 Å². The standard InChI is InChI=1S/C13H19N5O/c1-9-3-12-15-8-16-18(12)13(4-9)17-6-11(5-14)19-7-10(17)2/h3-4,8,10-11H,5-7,14H2,1-2H3. The van der Waals surface area contributed by atoms with E-state index in [4.69, 9.17) is 10.5 Å². The molecule has 3 rings (SSSR count). The number of hydrogen-bond donors (Lipinski definition) is 1. The number of aryl methyl sites for hydroxylation is 1. The second kappa shape index (κ2) is 4.79. The molecule has 0 aliphatic carbocycles. The Morgan fingerprint density at radius 3 is 3.11 bits per heavy atom. The number of pyridine rings is 1. The van der Waals surface area contributed by atoms with Gasteiger partial charge in [0, 0.05) is 13.1 Å². The van der Waals surface area contributed by atoms with Crippen molar-refractivity contribution < 1.29 is 4.74 Å². The normalized spacial score (nSPS) is 24.1. The number of aromatic nitrogens is 3. The summed E-state index contributed by atoms with van der Waals surface area (Å²) in [6.07, 6.45) is 1.67. The molecule has 2 aromatic heterocycles. The van der Waals surface area contributed by atoms with Crippen LogP contribution in [0.2, 0.25) is 0 Å². The highest BCUT2D eigenvalue weighted by Crippen LogP contribution is 2.23. The highest BCUT2D eigenvalue weighted by atomic mass is 16.5. The van der Waals surface area contributed by atoms with E-state index in [0.29, 0.717) is 19.2 Å². The van der Waals surface area contributed by atoms with Crippen molar-refractivity contribution in [3.05, 3.63) is 24.0 Å². The smallest absolute Gasteiger partial charge is 0.157 e. The SMILES string of the molecule is Cc1cc(N2CC(CN)OCC2C)n2ncnc2c1. The van der Waals surface area contributed by atoms with Crippen LogP contribution in [0.15, 0.2) is 18.5 Å². The Hall–Kier alpha value is -1.66. The quantitative estimate of drug-likeness (QED) is 0.857. The van der Waals surface area contributed by atoms with Crippen LogP contribution in [0.3, 0.4) is 0 Å². The summed E-state index contributed by atoms with van der Waals surface area (Å²) in [5.74, 6) is 1.06. The summed E-state index contributed by atoms with van der Waals surface area (Å²) in [5.41, 5.74) is 7.78. The number of nitrogens with zero attached hydrogens (tertiary/aromatic N) is 4. The van der Waals surface area contributed by atoms with Gasteiger partial charge in [-0.15, -0.1) is 0 Å². The Morgan fingerprint density at radius 1 is 1.47 bits per heavy atom. The second-order valence-electron chi connectivity index (χ2n) is 5.11. The average Bonchev–Trinajstić information content (AvgIpc) is 2.86. The summed E-state index contributed by atoms with van der Waals surface area (Å²) in [7, 11) is 0. The molecule has 6 nitrogen and oxygen atoms in total. The van der Waals surface area contributed by atoms with Crippen LogP contribution < -0.4 is 10.6 Å². The zero-order chi connectivity index (χ0) is 13.4. The van der Waals surface area contributed by atoms with Gasteiger partial charge in [0.05, 0.1) is 18.8 Å². The minimum Gasteiger partial charge on any atom is -0.373 e. The monoisotopic (exact) mass is 261 g/mol. The fourth-order valence-corrected chi connectivity index (χ4v) is 2.52. The van der Waals surface area contributed by atoms with Crippen molar-refractivity contribution in [2.75, 3.05) is 24.6 Å². The number of rotatable bonds is 2. The van der Waals surface area contributed by atoms with Crippen LogP contribution in [0.25, 0.3) is 5.65 Å². The van der Waals surface area contributed by atoms with Gasteiger partial charge < -0.3 is 15.4 Å². The van der Waals surface area contributed by atoms with Crippen molar-refractivity contribution in [3.63, 3.8) is 0 Å². The second-order valence-corrected chi connectivity index (χ2v) is 5.11.